The first-order valence-electron chi connectivity index (χ1n) is 10.8. The predicted octanol–water partition coefficient (Wildman–Crippen LogP) is 2.17. The Bertz CT molecular complexity index is 837. The number of nitrogens with one attached hydrogen (secondary N) is 1. The lowest BCUT2D eigenvalue weighted by molar-refractivity contribution is -0.00928. The summed E-state index contributed by atoms with van der Waals surface area (Å²) in [6, 6.07) is 4.03. The third-order valence-electron chi connectivity index (χ3n) is 6.33. The number of aromatic amines is 1. The van der Waals surface area contributed by atoms with E-state index in [2.05, 4.69) is 27.0 Å². The van der Waals surface area contributed by atoms with E-state index in [9.17, 15) is 9.90 Å². The van der Waals surface area contributed by atoms with Gasteiger partial charge in [0.05, 0.1) is 5.60 Å². The monoisotopic (exact) mass is 397 g/mol. The van der Waals surface area contributed by atoms with Crippen LogP contribution in [0.25, 0.3) is 0 Å². The third kappa shape index (κ3) is 4.51. The molecule has 2 N–H and O–H groups in total. The van der Waals surface area contributed by atoms with Crippen molar-refractivity contribution < 1.29 is 9.90 Å². The first-order chi connectivity index (χ1) is 14.1. The molecule has 29 heavy (non-hydrogen) atoms. The Morgan fingerprint density at radius 1 is 1.24 bits per heavy atom. The molecule has 7 heteroatoms. The van der Waals surface area contributed by atoms with Gasteiger partial charge in [-0.15, -0.1) is 0 Å². The lowest BCUT2D eigenvalue weighted by Crippen LogP contribution is -2.44. The normalized spacial score (nSPS) is 22.0. The SMILES string of the molecule is CCN(Cc1ccncc1)C[C@@]1(O)CCCN(C(=O)c2n[nH]c3c2CCC3)CC1. The van der Waals surface area contributed by atoms with Gasteiger partial charge >= 0.3 is 0 Å². The standard InChI is InChI=1S/C22H31N5O2/c1-2-26(15-17-7-11-23-12-8-17)16-22(29)9-4-13-27(14-10-22)21(28)20-18-5-3-6-19(18)24-25-20/h7-8,11-12,29H,2-6,9-10,13-16H2,1H3,(H,24,25)/t22-/m1/s1. The number of aryl methyl sites for hydroxylation is 1. The molecule has 0 spiro atoms. The molecule has 0 aromatic carbocycles. The summed E-state index contributed by atoms with van der Waals surface area (Å²) < 4.78 is 0. The molecule has 3 heterocycles. The van der Waals surface area contributed by atoms with Gasteiger partial charge in [-0.1, -0.05) is 6.92 Å². The summed E-state index contributed by atoms with van der Waals surface area (Å²) in [6.07, 6.45) is 8.73. The van der Waals surface area contributed by atoms with Crippen LogP contribution in [-0.2, 0) is 19.4 Å². The van der Waals surface area contributed by atoms with Crippen molar-refractivity contribution in [2.75, 3.05) is 26.2 Å². The van der Waals surface area contributed by atoms with Gasteiger partial charge in [0.2, 0.25) is 0 Å². The Labute approximate surface area is 172 Å². The van der Waals surface area contributed by atoms with Gasteiger partial charge in [0.1, 0.15) is 0 Å². The van der Waals surface area contributed by atoms with Gasteiger partial charge in [0, 0.05) is 49.8 Å². The third-order valence-corrected chi connectivity index (χ3v) is 6.33. The highest BCUT2D eigenvalue weighted by molar-refractivity contribution is 5.94. The Balaban J connectivity index is 1.38. The molecule has 1 aliphatic carbocycles. The number of hydrogen-bond donors (Lipinski definition) is 2. The van der Waals surface area contributed by atoms with Crippen LogP contribution in [0.4, 0.5) is 0 Å². The van der Waals surface area contributed by atoms with Crippen LogP contribution in [0.3, 0.4) is 0 Å². The largest absolute Gasteiger partial charge is 0.388 e. The molecule has 1 aliphatic heterocycles. The molecule has 2 aromatic heterocycles. The molecule has 0 radical (unpaired) electrons. The van der Waals surface area contributed by atoms with E-state index in [1.54, 1.807) is 12.4 Å². The van der Waals surface area contributed by atoms with Crippen LogP contribution in [0.15, 0.2) is 24.5 Å². The Morgan fingerprint density at radius 2 is 2.07 bits per heavy atom. The molecule has 2 aliphatic rings. The van der Waals surface area contributed by atoms with Crippen molar-refractivity contribution in [3.05, 3.63) is 47.0 Å². The number of likely N-dealkylation sites (tertiary alicyclic amines) is 1. The second-order valence-corrected chi connectivity index (χ2v) is 8.41. The topological polar surface area (TPSA) is 85.3 Å². The van der Waals surface area contributed by atoms with Gasteiger partial charge < -0.3 is 10.0 Å². The number of pyridine rings is 1. The highest BCUT2D eigenvalue weighted by Crippen LogP contribution is 2.27. The molecule has 1 fully saturated rings. The van der Waals surface area contributed by atoms with E-state index in [0.29, 0.717) is 38.2 Å². The van der Waals surface area contributed by atoms with Crippen molar-refractivity contribution in [2.45, 2.75) is 57.6 Å². The van der Waals surface area contributed by atoms with E-state index in [0.717, 1.165) is 50.0 Å². The van der Waals surface area contributed by atoms with Crippen LogP contribution < -0.4 is 0 Å². The molecule has 1 amide bonds. The van der Waals surface area contributed by atoms with E-state index < -0.39 is 5.60 Å². The average molecular weight is 398 g/mol. The maximum Gasteiger partial charge on any atom is 0.274 e. The molecule has 0 unspecified atom stereocenters. The van der Waals surface area contributed by atoms with Crippen molar-refractivity contribution in [1.29, 1.82) is 0 Å². The van der Waals surface area contributed by atoms with Gasteiger partial charge in [-0.2, -0.15) is 5.10 Å². The summed E-state index contributed by atoms with van der Waals surface area (Å²) in [6.45, 7) is 5.65. The van der Waals surface area contributed by atoms with Crippen molar-refractivity contribution in [3.8, 4) is 0 Å². The van der Waals surface area contributed by atoms with E-state index in [4.69, 9.17) is 0 Å². The number of aliphatic hydroxyl groups is 1. The first kappa shape index (κ1) is 20.0. The van der Waals surface area contributed by atoms with Gasteiger partial charge in [-0.3, -0.25) is 19.8 Å². The van der Waals surface area contributed by atoms with Crippen molar-refractivity contribution >= 4 is 5.91 Å². The number of rotatable bonds is 6. The van der Waals surface area contributed by atoms with E-state index >= 15 is 0 Å². The second-order valence-electron chi connectivity index (χ2n) is 8.41. The van der Waals surface area contributed by atoms with E-state index in [1.165, 1.54) is 5.56 Å². The van der Waals surface area contributed by atoms with Crippen LogP contribution in [0, 0.1) is 0 Å². The van der Waals surface area contributed by atoms with Crippen molar-refractivity contribution in [1.82, 2.24) is 25.0 Å². The zero-order valence-corrected chi connectivity index (χ0v) is 17.2. The molecular weight excluding hydrogens is 366 g/mol. The van der Waals surface area contributed by atoms with Crippen molar-refractivity contribution in [2.24, 2.45) is 0 Å². The number of nitrogens with zero attached hydrogens (tertiary/aromatic N) is 4. The number of hydrogen-bond acceptors (Lipinski definition) is 5. The summed E-state index contributed by atoms with van der Waals surface area (Å²) in [4.78, 5) is 21.3. The lowest BCUT2D eigenvalue weighted by atomic mass is 9.94. The molecule has 2 aromatic rings. The molecule has 0 saturated carbocycles. The molecular formula is C22H31N5O2. The quantitative estimate of drug-likeness (QED) is 0.780. The fourth-order valence-electron chi connectivity index (χ4n) is 4.63. The van der Waals surface area contributed by atoms with Gasteiger partial charge in [0.25, 0.3) is 5.91 Å². The number of fused-ring (bicyclic) bond motifs is 1. The highest BCUT2D eigenvalue weighted by Gasteiger charge is 2.34. The average Bonchev–Trinajstić information content (AvgIpc) is 3.29. The first-order valence-corrected chi connectivity index (χ1v) is 10.8. The fourth-order valence-corrected chi connectivity index (χ4v) is 4.63. The minimum absolute atomic E-state index is 0.0118. The summed E-state index contributed by atoms with van der Waals surface area (Å²) in [7, 11) is 0. The maximum absolute atomic E-state index is 13.0. The molecule has 156 valence electrons. The predicted molar refractivity (Wildman–Crippen MR) is 111 cm³/mol. The Morgan fingerprint density at radius 3 is 2.86 bits per heavy atom. The van der Waals surface area contributed by atoms with E-state index in [-0.39, 0.29) is 5.91 Å². The van der Waals surface area contributed by atoms with Crippen LogP contribution in [0.1, 0.15) is 59.9 Å². The summed E-state index contributed by atoms with van der Waals surface area (Å²) in [5.41, 5.74) is 3.24. The number of H-pyrrole nitrogens is 1. The molecule has 0 bridgehead atoms. The van der Waals surface area contributed by atoms with Crippen molar-refractivity contribution in [3.63, 3.8) is 0 Å². The number of carbonyl (C=O) groups excluding carboxylic acids is 1. The van der Waals surface area contributed by atoms with E-state index in [1.807, 2.05) is 17.0 Å². The Hall–Kier alpha value is -2.25. The summed E-state index contributed by atoms with van der Waals surface area (Å²) >= 11 is 0. The fraction of sp³-hybridized carbons (Fsp3) is 0.591. The molecule has 1 atom stereocenters. The van der Waals surface area contributed by atoms with Crippen LogP contribution in [-0.4, -0.2) is 67.8 Å². The van der Waals surface area contributed by atoms with Gasteiger partial charge in [0.15, 0.2) is 5.69 Å². The summed E-state index contributed by atoms with van der Waals surface area (Å²) in [5, 5.41) is 18.6. The minimum Gasteiger partial charge on any atom is -0.388 e. The van der Waals surface area contributed by atoms with Gasteiger partial charge in [-0.05, 0) is 62.8 Å². The minimum atomic E-state index is -0.772. The zero-order valence-electron chi connectivity index (χ0n) is 17.2. The maximum atomic E-state index is 13.0. The number of amides is 1. The van der Waals surface area contributed by atoms with Crippen LogP contribution >= 0.6 is 0 Å². The number of carbonyl (C=O) groups is 1. The molecule has 4 rings (SSSR count). The smallest absolute Gasteiger partial charge is 0.274 e. The van der Waals surface area contributed by atoms with Crippen LogP contribution in [0.5, 0.6) is 0 Å². The summed E-state index contributed by atoms with van der Waals surface area (Å²) in [5.74, 6) is 0.0118. The van der Waals surface area contributed by atoms with Crippen LogP contribution in [0.2, 0.25) is 0 Å². The molecule has 7 nitrogen and oxygen atoms in total. The highest BCUT2D eigenvalue weighted by atomic mass is 16.3. The lowest BCUT2D eigenvalue weighted by Gasteiger charge is -2.33. The number of likely N-dealkylation sites (N-methyl/N-ethyl adjacent to an activating group) is 1. The number of aromatic nitrogens is 3. The molecule has 1 saturated heterocycles. The Kier molecular flexibility index (Phi) is 5.96. The second kappa shape index (κ2) is 8.63. The van der Waals surface area contributed by atoms with Gasteiger partial charge in [-0.25, -0.2) is 0 Å². The zero-order chi connectivity index (χ0) is 20.3.